The maximum absolute atomic E-state index is 15.3. The minimum atomic E-state index is -2.00. The molecule has 0 saturated carbocycles. The van der Waals surface area contributed by atoms with Crippen LogP contribution in [0, 0.1) is 0 Å². The van der Waals surface area contributed by atoms with Gasteiger partial charge in [-0.25, -0.2) is 18.8 Å². The van der Waals surface area contributed by atoms with E-state index in [-0.39, 0.29) is 11.1 Å². The van der Waals surface area contributed by atoms with E-state index in [0.717, 1.165) is 0 Å². The van der Waals surface area contributed by atoms with Gasteiger partial charge in [-0.1, -0.05) is 54.6 Å². The Hall–Kier alpha value is -4.04. The molecule has 1 saturated heterocycles. The second-order valence-corrected chi connectivity index (χ2v) is 7.46. The van der Waals surface area contributed by atoms with Crippen LogP contribution in [-0.2, 0) is 18.9 Å². The second-order valence-electron chi connectivity index (χ2n) is 7.46. The highest BCUT2D eigenvalue weighted by molar-refractivity contribution is 5.90. The predicted octanol–water partition coefficient (Wildman–Crippen LogP) is 3.99. The maximum atomic E-state index is 15.3. The summed E-state index contributed by atoms with van der Waals surface area (Å²) in [5, 5.41) is 0. The molecule has 0 aliphatic carbocycles. The number of carbonyl (C=O) groups excluding carboxylic acids is 3. The summed E-state index contributed by atoms with van der Waals surface area (Å²) in [5.74, 6) is -2.24. The van der Waals surface area contributed by atoms with Crippen LogP contribution < -0.4 is 0 Å². The monoisotopic (exact) mass is 464 g/mol. The number of halogens is 1. The van der Waals surface area contributed by atoms with Crippen LogP contribution in [0.15, 0.2) is 91.0 Å². The summed E-state index contributed by atoms with van der Waals surface area (Å²) in [6, 6.07) is 24.2. The third kappa shape index (κ3) is 5.47. The molecule has 1 aliphatic rings. The van der Waals surface area contributed by atoms with Gasteiger partial charge < -0.3 is 18.9 Å². The number of alkyl halides is 1. The molecule has 1 fully saturated rings. The normalized spacial score (nSPS) is 21.4. The van der Waals surface area contributed by atoms with E-state index in [4.69, 9.17) is 18.9 Å². The molecule has 4 atom stereocenters. The molecule has 0 aromatic heterocycles. The average Bonchev–Trinajstić information content (AvgIpc) is 3.17. The van der Waals surface area contributed by atoms with Gasteiger partial charge in [0.1, 0.15) is 12.7 Å². The fourth-order valence-corrected chi connectivity index (χ4v) is 3.38. The van der Waals surface area contributed by atoms with Crippen molar-refractivity contribution in [2.45, 2.75) is 24.7 Å². The number of hydrogen-bond acceptors (Lipinski definition) is 7. The molecule has 1 heterocycles. The smallest absolute Gasteiger partial charge is 0.340 e. The van der Waals surface area contributed by atoms with E-state index < -0.39 is 49.2 Å². The van der Waals surface area contributed by atoms with E-state index in [1.54, 1.807) is 66.7 Å². The first kappa shape index (κ1) is 23.1. The number of hydrogen-bond donors (Lipinski definition) is 0. The summed E-state index contributed by atoms with van der Waals surface area (Å²) in [6.07, 6.45) is -6.31. The van der Waals surface area contributed by atoms with Crippen LogP contribution in [0.4, 0.5) is 4.39 Å². The molecule has 7 nitrogen and oxygen atoms in total. The van der Waals surface area contributed by atoms with Gasteiger partial charge in [-0.3, -0.25) is 0 Å². The summed E-state index contributed by atoms with van der Waals surface area (Å²) < 4.78 is 36.6. The Morgan fingerprint density at radius 2 is 1.12 bits per heavy atom. The lowest BCUT2D eigenvalue weighted by atomic mass is 10.1. The first-order valence-electron chi connectivity index (χ1n) is 10.6. The third-order valence-electron chi connectivity index (χ3n) is 5.12. The standard InChI is InChI=1S/C26H21FO7/c27-21-22(33-24(29)18-12-6-2-7-13-18)20(16-31-23(28)17-10-4-1-5-11-17)32-26(21)34-25(30)19-14-8-3-9-15-19/h1-15,20-22,26H,16H2/t20-,21+,22-,26-/m0/s1. The lowest BCUT2D eigenvalue weighted by Crippen LogP contribution is -2.37. The van der Waals surface area contributed by atoms with Crippen LogP contribution in [0.3, 0.4) is 0 Å². The van der Waals surface area contributed by atoms with Crippen LogP contribution in [0.25, 0.3) is 0 Å². The van der Waals surface area contributed by atoms with Crippen LogP contribution >= 0.6 is 0 Å². The fraction of sp³-hybridized carbons (Fsp3) is 0.192. The molecule has 0 N–H and O–H groups in total. The molecule has 4 rings (SSSR count). The summed E-state index contributed by atoms with van der Waals surface area (Å²) in [5.41, 5.74) is 0.705. The SMILES string of the molecule is O=C(OC[C@@H]1O[C@@H](OC(=O)c2ccccc2)[C@H](F)[C@H]1OC(=O)c1ccccc1)c1ccccc1. The minimum Gasteiger partial charge on any atom is -0.459 e. The molecular formula is C26H21FO7. The Morgan fingerprint density at radius 3 is 1.62 bits per heavy atom. The van der Waals surface area contributed by atoms with Crippen molar-refractivity contribution < 1.29 is 37.7 Å². The quantitative estimate of drug-likeness (QED) is 0.386. The van der Waals surface area contributed by atoms with Gasteiger partial charge in [0.05, 0.1) is 16.7 Å². The fourth-order valence-electron chi connectivity index (χ4n) is 3.38. The van der Waals surface area contributed by atoms with Crippen LogP contribution in [0.5, 0.6) is 0 Å². The Labute approximate surface area is 195 Å². The molecular weight excluding hydrogens is 443 g/mol. The van der Waals surface area contributed by atoms with Gasteiger partial charge in [0.2, 0.25) is 12.5 Å². The first-order valence-corrected chi connectivity index (χ1v) is 10.6. The van der Waals surface area contributed by atoms with Crippen molar-refractivity contribution in [3.8, 4) is 0 Å². The molecule has 34 heavy (non-hydrogen) atoms. The van der Waals surface area contributed by atoms with Gasteiger partial charge in [-0.05, 0) is 36.4 Å². The molecule has 0 amide bonds. The largest absolute Gasteiger partial charge is 0.459 e. The van der Waals surface area contributed by atoms with Gasteiger partial charge >= 0.3 is 17.9 Å². The van der Waals surface area contributed by atoms with Crippen molar-refractivity contribution in [1.82, 2.24) is 0 Å². The molecule has 8 heteroatoms. The van der Waals surface area contributed by atoms with Crippen molar-refractivity contribution in [3.63, 3.8) is 0 Å². The lowest BCUT2D eigenvalue weighted by molar-refractivity contribution is -0.129. The van der Waals surface area contributed by atoms with Crippen molar-refractivity contribution in [2.24, 2.45) is 0 Å². The van der Waals surface area contributed by atoms with Crippen molar-refractivity contribution in [3.05, 3.63) is 108 Å². The zero-order chi connectivity index (χ0) is 23.9. The lowest BCUT2D eigenvalue weighted by Gasteiger charge is -2.19. The van der Waals surface area contributed by atoms with E-state index in [0.29, 0.717) is 5.56 Å². The maximum Gasteiger partial charge on any atom is 0.340 e. The zero-order valence-corrected chi connectivity index (χ0v) is 17.9. The van der Waals surface area contributed by atoms with Gasteiger partial charge in [-0.15, -0.1) is 0 Å². The number of carbonyl (C=O) groups is 3. The molecule has 1 aliphatic heterocycles. The van der Waals surface area contributed by atoms with Crippen LogP contribution in [0.2, 0.25) is 0 Å². The zero-order valence-electron chi connectivity index (χ0n) is 17.9. The topological polar surface area (TPSA) is 88.1 Å². The van der Waals surface area contributed by atoms with Gasteiger partial charge in [0, 0.05) is 0 Å². The summed E-state index contributed by atoms with van der Waals surface area (Å²) in [6.45, 7) is -0.416. The van der Waals surface area contributed by atoms with Gasteiger partial charge in [0.15, 0.2) is 6.10 Å². The molecule has 3 aromatic carbocycles. The summed E-state index contributed by atoms with van der Waals surface area (Å²) in [4.78, 5) is 37.2. The van der Waals surface area contributed by atoms with Crippen molar-refractivity contribution in [2.75, 3.05) is 6.61 Å². The Balaban J connectivity index is 1.47. The Bertz CT molecular complexity index is 1120. The van der Waals surface area contributed by atoms with Gasteiger partial charge in [0.25, 0.3) is 0 Å². The number of rotatable bonds is 7. The second kappa shape index (κ2) is 10.7. The van der Waals surface area contributed by atoms with E-state index in [9.17, 15) is 14.4 Å². The van der Waals surface area contributed by atoms with E-state index in [1.165, 1.54) is 24.3 Å². The summed E-state index contributed by atoms with van der Waals surface area (Å²) >= 11 is 0. The predicted molar refractivity (Wildman–Crippen MR) is 118 cm³/mol. The third-order valence-corrected chi connectivity index (χ3v) is 5.12. The Kier molecular flexibility index (Phi) is 7.29. The number of ether oxygens (including phenoxy) is 4. The molecule has 3 aromatic rings. The molecule has 0 bridgehead atoms. The highest BCUT2D eigenvalue weighted by atomic mass is 19.1. The number of benzene rings is 3. The van der Waals surface area contributed by atoms with Crippen LogP contribution in [0.1, 0.15) is 31.1 Å². The van der Waals surface area contributed by atoms with E-state index >= 15 is 4.39 Å². The molecule has 0 unspecified atom stereocenters. The van der Waals surface area contributed by atoms with E-state index in [2.05, 4.69) is 0 Å². The Morgan fingerprint density at radius 1 is 0.676 bits per heavy atom. The van der Waals surface area contributed by atoms with E-state index in [1.807, 2.05) is 0 Å². The van der Waals surface area contributed by atoms with Crippen molar-refractivity contribution in [1.29, 1.82) is 0 Å². The molecule has 0 spiro atoms. The summed E-state index contributed by atoms with van der Waals surface area (Å²) in [7, 11) is 0. The highest BCUT2D eigenvalue weighted by Crippen LogP contribution is 2.29. The minimum absolute atomic E-state index is 0.204. The number of esters is 3. The van der Waals surface area contributed by atoms with Gasteiger partial charge in [-0.2, -0.15) is 0 Å². The average molecular weight is 464 g/mol. The van der Waals surface area contributed by atoms with Crippen molar-refractivity contribution >= 4 is 17.9 Å². The highest BCUT2D eigenvalue weighted by Gasteiger charge is 2.50. The molecule has 174 valence electrons. The molecule has 0 radical (unpaired) electrons. The first-order chi connectivity index (χ1) is 16.5. The van der Waals surface area contributed by atoms with Crippen LogP contribution in [-0.4, -0.2) is 49.2 Å².